The van der Waals surface area contributed by atoms with Crippen molar-refractivity contribution in [3.8, 4) is 0 Å². The number of carboxylic acids is 1. The first-order chi connectivity index (χ1) is 9.63. The van der Waals surface area contributed by atoms with Gasteiger partial charge in [0.2, 0.25) is 0 Å². The van der Waals surface area contributed by atoms with Gasteiger partial charge in [0.15, 0.2) is 0 Å². The fraction of sp³-hybridized carbons (Fsp3) is 0.929. The zero-order valence-corrected chi connectivity index (χ0v) is 12.9. The van der Waals surface area contributed by atoms with Crippen LogP contribution in [0.25, 0.3) is 0 Å². The summed E-state index contributed by atoms with van der Waals surface area (Å²) >= 11 is 0. The SMILES string of the molecule is CCNC(CC)(CCCOCCOCCOC)C(=O)O. The first-order valence-electron chi connectivity index (χ1n) is 7.25. The van der Waals surface area contributed by atoms with E-state index < -0.39 is 11.5 Å². The van der Waals surface area contributed by atoms with E-state index in [4.69, 9.17) is 14.2 Å². The standard InChI is InChI=1S/C14H29NO5/c1-4-14(13(16)17,15-5-2)7-6-8-19-11-12-20-10-9-18-3/h15H,4-12H2,1-3H3,(H,16,17). The first-order valence-corrected chi connectivity index (χ1v) is 7.25. The average Bonchev–Trinajstić information content (AvgIpc) is 2.44. The maximum Gasteiger partial charge on any atom is 0.323 e. The number of carboxylic acid groups (broad SMARTS) is 1. The smallest absolute Gasteiger partial charge is 0.323 e. The predicted molar refractivity (Wildman–Crippen MR) is 77.1 cm³/mol. The number of hydrogen-bond acceptors (Lipinski definition) is 5. The molecule has 0 aromatic rings. The summed E-state index contributed by atoms with van der Waals surface area (Å²) in [6.07, 6.45) is 1.85. The zero-order chi connectivity index (χ0) is 15.3. The van der Waals surface area contributed by atoms with Crippen LogP contribution in [0.2, 0.25) is 0 Å². The number of methoxy groups -OCH3 is 1. The Morgan fingerprint density at radius 2 is 1.70 bits per heavy atom. The highest BCUT2D eigenvalue weighted by Gasteiger charge is 2.34. The largest absolute Gasteiger partial charge is 0.480 e. The Labute approximate surface area is 121 Å². The van der Waals surface area contributed by atoms with Crippen LogP contribution >= 0.6 is 0 Å². The van der Waals surface area contributed by atoms with Gasteiger partial charge in [-0.1, -0.05) is 13.8 Å². The number of nitrogens with one attached hydrogen (secondary N) is 1. The molecule has 6 heteroatoms. The third kappa shape index (κ3) is 7.79. The first kappa shape index (κ1) is 19.3. The van der Waals surface area contributed by atoms with Crippen LogP contribution in [0.5, 0.6) is 0 Å². The molecule has 6 nitrogen and oxygen atoms in total. The van der Waals surface area contributed by atoms with Crippen molar-refractivity contribution in [1.82, 2.24) is 5.32 Å². The van der Waals surface area contributed by atoms with Crippen molar-refractivity contribution < 1.29 is 24.1 Å². The Morgan fingerprint density at radius 1 is 1.10 bits per heavy atom. The second-order valence-electron chi connectivity index (χ2n) is 4.59. The van der Waals surface area contributed by atoms with Crippen molar-refractivity contribution in [3.63, 3.8) is 0 Å². The molecule has 1 atom stereocenters. The molecule has 120 valence electrons. The van der Waals surface area contributed by atoms with Crippen LogP contribution in [0.1, 0.15) is 33.1 Å². The van der Waals surface area contributed by atoms with E-state index in [-0.39, 0.29) is 0 Å². The average molecular weight is 291 g/mol. The molecular formula is C14H29NO5. The molecule has 0 aliphatic rings. The molecule has 20 heavy (non-hydrogen) atoms. The van der Waals surface area contributed by atoms with Crippen molar-refractivity contribution >= 4 is 5.97 Å². The quantitative estimate of drug-likeness (QED) is 0.470. The summed E-state index contributed by atoms with van der Waals surface area (Å²) in [6, 6.07) is 0. The molecule has 0 spiro atoms. The van der Waals surface area contributed by atoms with Crippen LogP contribution in [-0.4, -0.2) is 63.3 Å². The summed E-state index contributed by atoms with van der Waals surface area (Å²) < 4.78 is 15.5. The van der Waals surface area contributed by atoms with Crippen LogP contribution in [0, 0.1) is 0 Å². The highest BCUT2D eigenvalue weighted by atomic mass is 16.5. The van der Waals surface area contributed by atoms with Gasteiger partial charge >= 0.3 is 5.97 Å². The molecular weight excluding hydrogens is 262 g/mol. The number of aliphatic carboxylic acids is 1. The number of carbonyl (C=O) groups is 1. The second kappa shape index (κ2) is 12.1. The molecule has 0 heterocycles. The van der Waals surface area contributed by atoms with Crippen LogP contribution in [0.3, 0.4) is 0 Å². The topological polar surface area (TPSA) is 77.0 Å². The molecule has 0 aromatic carbocycles. The van der Waals surface area contributed by atoms with Gasteiger partial charge in [-0.15, -0.1) is 0 Å². The predicted octanol–water partition coefficient (Wildman–Crippen LogP) is 1.29. The Morgan fingerprint density at radius 3 is 2.20 bits per heavy atom. The molecule has 0 aliphatic carbocycles. The van der Waals surface area contributed by atoms with Crippen molar-refractivity contribution in [3.05, 3.63) is 0 Å². The van der Waals surface area contributed by atoms with Crippen molar-refractivity contribution in [2.45, 2.75) is 38.6 Å². The van der Waals surface area contributed by atoms with Gasteiger partial charge < -0.3 is 24.6 Å². The normalized spacial score (nSPS) is 14.2. The van der Waals surface area contributed by atoms with E-state index in [0.717, 1.165) is 0 Å². The monoisotopic (exact) mass is 291 g/mol. The van der Waals surface area contributed by atoms with Crippen LogP contribution in [0.4, 0.5) is 0 Å². The van der Waals surface area contributed by atoms with E-state index in [1.165, 1.54) is 0 Å². The van der Waals surface area contributed by atoms with Gasteiger partial charge in [-0.3, -0.25) is 4.79 Å². The fourth-order valence-electron chi connectivity index (χ4n) is 2.00. The molecule has 0 fully saturated rings. The third-order valence-electron chi connectivity index (χ3n) is 3.22. The van der Waals surface area contributed by atoms with E-state index in [2.05, 4.69) is 5.32 Å². The lowest BCUT2D eigenvalue weighted by molar-refractivity contribution is -0.145. The zero-order valence-electron chi connectivity index (χ0n) is 12.9. The Hall–Kier alpha value is -0.690. The third-order valence-corrected chi connectivity index (χ3v) is 3.22. The van der Waals surface area contributed by atoms with Gasteiger partial charge in [-0.2, -0.15) is 0 Å². The summed E-state index contributed by atoms with van der Waals surface area (Å²) in [5.74, 6) is -0.787. The van der Waals surface area contributed by atoms with E-state index in [1.54, 1.807) is 7.11 Å². The summed E-state index contributed by atoms with van der Waals surface area (Å²) in [5, 5.41) is 12.4. The van der Waals surface area contributed by atoms with Crippen LogP contribution in [-0.2, 0) is 19.0 Å². The van der Waals surface area contributed by atoms with Crippen LogP contribution < -0.4 is 5.32 Å². The highest BCUT2D eigenvalue weighted by molar-refractivity contribution is 5.78. The molecule has 0 bridgehead atoms. The summed E-state index contributed by atoms with van der Waals surface area (Å²) in [5.41, 5.74) is -0.826. The Bertz CT molecular complexity index is 250. The van der Waals surface area contributed by atoms with E-state index in [1.807, 2.05) is 13.8 Å². The van der Waals surface area contributed by atoms with E-state index in [0.29, 0.717) is 58.8 Å². The van der Waals surface area contributed by atoms with Crippen molar-refractivity contribution in [2.75, 3.05) is 46.7 Å². The maximum absolute atomic E-state index is 11.4. The molecule has 0 saturated heterocycles. The fourth-order valence-corrected chi connectivity index (χ4v) is 2.00. The van der Waals surface area contributed by atoms with Gasteiger partial charge in [-0.05, 0) is 25.8 Å². The van der Waals surface area contributed by atoms with E-state index in [9.17, 15) is 9.90 Å². The lowest BCUT2D eigenvalue weighted by Crippen LogP contribution is -2.51. The molecule has 1 unspecified atom stereocenters. The molecule has 0 amide bonds. The van der Waals surface area contributed by atoms with Gasteiger partial charge in [-0.25, -0.2) is 0 Å². The summed E-state index contributed by atoms with van der Waals surface area (Å²) in [7, 11) is 1.63. The van der Waals surface area contributed by atoms with E-state index >= 15 is 0 Å². The van der Waals surface area contributed by atoms with Crippen molar-refractivity contribution in [2.24, 2.45) is 0 Å². The minimum absolute atomic E-state index is 0.525. The Kier molecular flexibility index (Phi) is 11.7. The number of hydrogen-bond donors (Lipinski definition) is 2. The van der Waals surface area contributed by atoms with Gasteiger partial charge in [0, 0.05) is 13.7 Å². The molecule has 0 aromatic heterocycles. The second-order valence-corrected chi connectivity index (χ2v) is 4.59. The minimum atomic E-state index is -0.826. The Balaban J connectivity index is 3.71. The van der Waals surface area contributed by atoms with Gasteiger partial charge in [0.05, 0.1) is 26.4 Å². The maximum atomic E-state index is 11.4. The van der Waals surface area contributed by atoms with Gasteiger partial charge in [0.25, 0.3) is 0 Å². The lowest BCUT2D eigenvalue weighted by Gasteiger charge is -2.29. The van der Waals surface area contributed by atoms with Gasteiger partial charge in [0.1, 0.15) is 5.54 Å². The minimum Gasteiger partial charge on any atom is -0.480 e. The van der Waals surface area contributed by atoms with Crippen molar-refractivity contribution in [1.29, 1.82) is 0 Å². The number of rotatable bonds is 14. The molecule has 0 aliphatic heterocycles. The number of likely N-dealkylation sites (N-methyl/N-ethyl adjacent to an activating group) is 1. The summed E-state index contributed by atoms with van der Waals surface area (Å²) in [4.78, 5) is 11.4. The molecule has 0 rings (SSSR count). The van der Waals surface area contributed by atoms with Crippen LogP contribution in [0.15, 0.2) is 0 Å². The lowest BCUT2D eigenvalue weighted by atomic mass is 9.90. The molecule has 0 saturated carbocycles. The molecule has 0 radical (unpaired) electrons. The molecule has 2 N–H and O–H groups in total. The number of ether oxygens (including phenoxy) is 3. The summed E-state index contributed by atoms with van der Waals surface area (Å²) in [6.45, 7) is 7.22. The highest BCUT2D eigenvalue weighted by Crippen LogP contribution is 2.18.